The molecule has 1 nitrogen and oxygen atoms in total. The van der Waals surface area contributed by atoms with E-state index in [1.165, 1.54) is 43.1 Å². The minimum Gasteiger partial charge on any atom is -0.313 e. The fourth-order valence-electron chi connectivity index (χ4n) is 3.99. The largest absolute Gasteiger partial charge is 0.313 e. The van der Waals surface area contributed by atoms with E-state index < -0.39 is 0 Å². The second kappa shape index (κ2) is 6.30. The Balaban J connectivity index is 1.68. The molecular weight excluding hydrogens is 382 g/mol. The van der Waals surface area contributed by atoms with Crippen LogP contribution in [0.5, 0.6) is 0 Å². The minimum absolute atomic E-state index is 1.04. The molecule has 126 valence electrons. The van der Waals surface area contributed by atoms with Gasteiger partial charge in [0.15, 0.2) is 0 Å². The second-order valence-corrected chi connectivity index (χ2v) is 7.55. The van der Waals surface area contributed by atoms with Crippen LogP contribution in [0.4, 0.5) is 0 Å². The average Bonchev–Trinajstić information content (AvgIpc) is 3.03. The number of fused-ring (bicyclic) bond motifs is 3. The van der Waals surface area contributed by atoms with Gasteiger partial charge in [-0.2, -0.15) is 0 Å². The molecule has 0 radical (unpaired) electrons. The Bertz CT molecular complexity index is 1140. The van der Waals surface area contributed by atoms with Gasteiger partial charge in [0, 0.05) is 20.9 Å². The zero-order chi connectivity index (χ0) is 17.5. The van der Waals surface area contributed by atoms with E-state index in [0.29, 0.717) is 0 Å². The average molecular weight is 400 g/mol. The van der Waals surface area contributed by atoms with Gasteiger partial charge in [-0.15, -0.1) is 0 Å². The van der Waals surface area contributed by atoms with Gasteiger partial charge >= 0.3 is 0 Å². The number of para-hydroxylation sites is 2. The molecule has 1 aliphatic carbocycles. The molecule has 26 heavy (non-hydrogen) atoms. The molecule has 2 heteroatoms. The highest BCUT2D eigenvalue weighted by Crippen LogP contribution is 2.37. The quantitative estimate of drug-likeness (QED) is 0.333. The number of allylic oxidation sites excluding steroid dienone is 4. The highest BCUT2D eigenvalue weighted by atomic mass is 79.9. The summed E-state index contributed by atoms with van der Waals surface area (Å²) in [5, 5.41) is 2.65. The van der Waals surface area contributed by atoms with Crippen molar-refractivity contribution < 1.29 is 0 Å². The van der Waals surface area contributed by atoms with E-state index in [1.807, 2.05) is 0 Å². The van der Waals surface area contributed by atoms with Gasteiger partial charge in [0.2, 0.25) is 0 Å². The van der Waals surface area contributed by atoms with Crippen molar-refractivity contribution in [3.05, 3.63) is 95.0 Å². The van der Waals surface area contributed by atoms with Gasteiger partial charge in [0.05, 0.1) is 11.0 Å². The lowest BCUT2D eigenvalue weighted by Gasteiger charge is -2.18. The molecule has 0 fully saturated rings. The third kappa shape index (κ3) is 2.45. The van der Waals surface area contributed by atoms with Gasteiger partial charge in [0.1, 0.15) is 0 Å². The van der Waals surface area contributed by atoms with Crippen molar-refractivity contribution in [3.63, 3.8) is 0 Å². The van der Waals surface area contributed by atoms with Crippen molar-refractivity contribution in [3.8, 4) is 0 Å². The fourth-order valence-corrected chi connectivity index (χ4v) is 4.53. The molecule has 1 aliphatic rings. The van der Waals surface area contributed by atoms with Crippen LogP contribution in [0.15, 0.2) is 89.4 Å². The fraction of sp³-hybridized carbons (Fsp3) is 0.0833. The SMILES string of the molecule is Brc1ccccc1C1=CC=C(n2c3ccccc3c3ccccc32)CC1. The number of halogens is 1. The maximum Gasteiger partial charge on any atom is 0.0537 e. The van der Waals surface area contributed by atoms with Gasteiger partial charge in [-0.05, 0) is 48.3 Å². The third-order valence-corrected chi connectivity index (χ3v) is 5.91. The highest BCUT2D eigenvalue weighted by molar-refractivity contribution is 9.10. The normalized spacial score (nSPS) is 14.5. The molecule has 3 aromatic carbocycles. The first-order valence-corrected chi connectivity index (χ1v) is 9.75. The van der Waals surface area contributed by atoms with E-state index in [9.17, 15) is 0 Å². The molecule has 5 rings (SSSR count). The summed E-state index contributed by atoms with van der Waals surface area (Å²) in [4.78, 5) is 0. The molecule has 0 atom stereocenters. The maximum atomic E-state index is 3.68. The van der Waals surface area contributed by atoms with Crippen molar-refractivity contribution in [2.24, 2.45) is 0 Å². The van der Waals surface area contributed by atoms with E-state index in [2.05, 4.69) is 105 Å². The Morgan fingerprint density at radius 1 is 0.654 bits per heavy atom. The number of hydrogen-bond acceptors (Lipinski definition) is 0. The first-order valence-electron chi connectivity index (χ1n) is 8.96. The second-order valence-electron chi connectivity index (χ2n) is 6.70. The van der Waals surface area contributed by atoms with Crippen LogP contribution in [-0.4, -0.2) is 4.57 Å². The van der Waals surface area contributed by atoms with Crippen LogP contribution < -0.4 is 0 Å². The highest BCUT2D eigenvalue weighted by Gasteiger charge is 2.16. The standard InChI is InChI=1S/C24H18BrN/c25-22-10-4-1-7-19(22)17-13-15-18(16-14-17)26-23-11-5-2-8-20(23)21-9-3-6-12-24(21)26/h1-13,15H,14,16H2. The van der Waals surface area contributed by atoms with Crippen LogP contribution in [0.2, 0.25) is 0 Å². The zero-order valence-electron chi connectivity index (χ0n) is 14.3. The molecule has 0 saturated carbocycles. The number of rotatable bonds is 2. The van der Waals surface area contributed by atoms with Crippen molar-refractivity contribution in [1.82, 2.24) is 4.57 Å². The Morgan fingerprint density at radius 3 is 1.88 bits per heavy atom. The summed E-state index contributed by atoms with van der Waals surface area (Å²) in [6, 6.07) is 25.9. The molecule has 0 saturated heterocycles. The minimum atomic E-state index is 1.04. The monoisotopic (exact) mass is 399 g/mol. The molecule has 1 aromatic heterocycles. The van der Waals surface area contributed by atoms with Crippen LogP contribution in [0.1, 0.15) is 18.4 Å². The lowest BCUT2D eigenvalue weighted by Crippen LogP contribution is -2.01. The van der Waals surface area contributed by atoms with Crippen molar-refractivity contribution >= 4 is 49.0 Å². The first-order chi connectivity index (χ1) is 12.8. The van der Waals surface area contributed by atoms with E-state index in [0.717, 1.165) is 12.8 Å². The van der Waals surface area contributed by atoms with Gasteiger partial charge in [-0.1, -0.05) is 76.6 Å². The molecule has 0 bridgehead atoms. The predicted octanol–water partition coefficient (Wildman–Crippen LogP) is 7.28. The molecule has 0 N–H and O–H groups in total. The van der Waals surface area contributed by atoms with Gasteiger partial charge < -0.3 is 4.57 Å². The lowest BCUT2D eigenvalue weighted by molar-refractivity contribution is 0.991. The summed E-state index contributed by atoms with van der Waals surface area (Å²) in [5.74, 6) is 0. The van der Waals surface area contributed by atoms with Crippen LogP contribution in [0.3, 0.4) is 0 Å². The van der Waals surface area contributed by atoms with Crippen LogP contribution in [0, 0.1) is 0 Å². The Labute approximate surface area is 161 Å². The molecule has 1 heterocycles. The Morgan fingerprint density at radius 2 is 1.27 bits per heavy atom. The topological polar surface area (TPSA) is 4.93 Å². The van der Waals surface area contributed by atoms with Crippen LogP contribution in [-0.2, 0) is 0 Å². The van der Waals surface area contributed by atoms with Crippen molar-refractivity contribution in [2.45, 2.75) is 12.8 Å². The zero-order valence-corrected chi connectivity index (χ0v) is 15.9. The summed E-state index contributed by atoms with van der Waals surface area (Å²) in [6.07, 6.45) is 6.66. The van der Waals surface area contributed by atoms with Gasteiger partial charge in [-0.25, -0.2) is 0 Å². The third-order valence-electron chi connectivity index (χ3n) is 5.21. The van der Waals surface area contributed by atoms with E-state index >= 15 is 0 Å². The molecular formula is C24H18BrN. The Kier molecular flexibility index (Phi) is 3.79. The van der Waals surface area contributed by atoms with Gasteiger partial charge in [-0.3, -0.25) is 0 Å². The summed E-state index contributed by atoms with van der Waals surface area (Å²) in [7, 11) is 0. The molecule has 4 aromatic rings. The van der Waals surface area contributed by atoms with Crippen LogP contribution in [0.25, 0.3) is 33.1 Å². The molecule has 0 aliphatic heterocycles. The number of aromatic nitrogens is 1. The number of nitrogens with zero attached hydrogens (tertiary/aromatic N) is 1. The van der Waals surface area contributed by atoms with E-state index in [4.69, 9.17) is 0 Å². The molecule has 0 amide bonds. The van der Waals surface area contributed by atoms with Crippen molar-refractivity contribution in [2.75, 3.05) is 0 Å². The smallest absolute Gasteiger partial charge is 0.0537 e. The number of hydrogen-bond donors (Lipinski definition) is 0. The van der Waals surface area contributed by atoms with E-state index in [1.54, 1.807) is 0 Å². The van der Waals surface area contributed by atoms with Crippen molar-refractivity contribution in [1.29, 1.82) is 0 Å². The van der Waals surface area contributed by atoms with Gasteiger partial charge in [0.25, 0.3) is 0 Å². The summed E-state index contributed by atoms with van der Waals surface area (Å²) < 4.78 is 3.60. The predicted molar refractivity (Wildman–Crippen MR) is 115 cm³/mol. The lowest BCUT2D eigenvalue weighted by atomic mass is 9.96. The van der Waals surface area contributed by atoms with E-state index in [-0.39, 0.29) is 0 Å². The summed E-state index contributed by atoms with van der Waals surface area (Å²) in [5.41, 5.74) is 6.63. The summed E-state index contributed by atoms with van der Waals surface area (Å²) in [6.45, 7) is 0. The molecule has 0 unspecified atom stereocenters. The maximum absolute atomic E-state index is 3.68. The molecule has 0 spiro atoms. The first kappa shape index (κ1) is 15.7. The number of benzene rings is 3. The van der Waals surface area contributed by atoms with Crippen LogP contribution >= 0.6 is 15.9 Å². The Hall–Kier alpha value is -2.58. The summed E-state index contributed by atoms with van der Waals surface area (Å²) >= 11 is 3.68.